The second kappa shape index (κ2) is 2.82. The van der Waals surface area contributed by atoms with Crippen LogP contribution in [-0.2, 0) is 17.7 Å². The van der Waals surface area contributed by atoms with E-state index in [1.165, 1.54) is 11.3 Å². The van der Waals surface area contributed by atoms with Crippen molar-refractivity contribution in [1.82, 2.24) is 15.1 Å². The summed E-state index contributed by atoms with van der Waals surface area (Å²) in [5.74, 6) is 0. The fourth-order valence-corrected chi connectivity index (χ4v) is 1.92. The average molecular weight is 178 g/mol. The first kappa shape index (κ1) is 7.53. The fraction of sp³-hybridized carbons (Fsp3) is 0.667. The highest BCUT2D eigenvalue weighted by Gasteiger charge is 2.29. The van der Waals surface area contributed by atoms with Gasteiger partial charge in [0.15, 0.2) is 0 Å². The van der Waals surface area contributed by atoms with E-state index >= 15 is 0 Å². The number of aromatic amines is 1. The molecule has 1 radical (unpaired) electrons. The zero-order chi connectivity index (χ0) is 8.67. The lowest BCUT2D eigenvalue weighted by Gasteiger charge is -2.38. The Morgan fingerprint density at radius 2 is 2.46 bits per heavy atom. The summed E-state index contributed by atoms with van der Waals surface area (Å²) in [4.78, 5) is 2.46. The normalized spacial score (nSPS) is 24.0. The van der Waals surface area contributed by atoms with Gasteiger partial charge in [-0.05, 0) is 6.42 Å². The lowest BCUT2D eigenvalue weighted by Crippen LogP contribution is -2.50. The molecule has 0 aromatic carbocycles. The van der Waals surface area contributed by atoms with Crippen LogP contribution in [0.25, 0.3) is 0 Å². The van der Waals surface area contributed by atoms with Crippen molar-refractivity contribution in [3.05, 3.63) is 17.5 Å². The van der Waals surface area contributed by atoms with Crippen molar-refractivity contribution in [3.63, 3.8) is 0 Å². The Morgan fingerprint density at radius 3 is 3.23 bits per heavy atom. The minimum atomic E-state index is 0.636. The van der Waals surface area contributed by atoms with Gasteiger partial charge >= 0.3 is 0 Å². The number of fused-ring (bicyclic) bond motifs is 1. The van der Waals surface area contributed by atoms with Crippen molar-refractivity contribution in [2.24, 2.45) is 0 Å². The first-order valence-corrected chi connectivity index (χ1v) is 4.69. The summed E-state index contributed by atoms with van der Waals surface area (Å²) < 4.78 is 5.18. The molecule has 0 aliphatic carbocycles. The van der Waals surface area contributed by atoms with Crippen molar-refractivity contribution >= 4 is 0 Å². The maximum atomic E-state index is 5.18. The number of aromatic nitrogens is 2. The van der Waals surface area contributed by atoms with Gasteiger partial charge in [-0.2, -0.15) is 5.10 Å². The molecule has 1 N–H and O–H groups in total. The first-order chi connectivity index (χ1) is 6.43. The van der Waals surface area contributed by atoms with Crippen LogP contribution in [0.15, 0.2) is 0 Å². The maximum Gasteiger partial charge on any atom is 0.116 e. The highest BCUT2D eigenvalue weighted by atomic mass is 16.5. The third-order valence-electron chi connectivity index (χ3n) is 2.89. The smallest absolute Gasteiger partial charge is 0.116 e. The predicted octanol–water partition coefficient (Wildman–Crippen LogP) is -0.0332. The molecule has 1 aromatic heterocycles. The van der Waals surface area contributed by atoms with E-state index in [1.807, 2.05) is 0 Å². The summed E-state index contributed by atoms with van der Waals surface area (Å²) in [6, 6.07) is 0.636. The van der Waals surface area contributed by atoms with Gasteiger partial charge in [0, 0.05) is 18.7 Å². The molecular weight excluding hydrogens is 166 g/mol. The molecular formula is C9H12N3O. The van der Waals surface area contributed by atoms with Crippen LogP contribution >= 0.6 is 0 Å². The molecule has 0 amide bonds. The molecule has 2 aliphatic rings. The molecule has 3 heterocycles. The number of hydrogen-bond acceptors (Lipinski definition) is 3. The second-order valence-electron chi connectivity index (χ2n) is 3.70. The summed E-state index contributed by atoms with van der Waals surface area (Å²) in [6.45, 7) is 3.90. The van der Waals surface area contributed by atoms with Crippen LogP contribution in [0.3, 0.4) is 0 Å². The van der Waals surface area contributed by atoms with E-state index in [2.05, 4.69) is 21.3 Å². The molecule has 0 spiro atoms. The number of ether oxygens (including phenoxy) is 1. The van der Waals surface area contributed by atoms with Gasteiger partial charge in [0.05, 0.1) is 24.9 Å². The maximum absolute atomic E-state index is 5.18. The monoisotopic (exact) mass is 178 g/mol. The van der Waals surface area contributed by atoms with Gasteiger partial charge in [-0.15, -0.1) is 0 Å². The van der Waals surface area contributed by atoms with Gasteiger partial charge in [-0.1, -0.05) is 0 Å². The molecule has 69 valence electrons. The van der Waals surface area contributed by atoms with E-state index in [4.69, 9.17) is 4.74 Å². The number of hydrogen-bond donors (Lipinski definition) is 1. The molecule has 0 saturated carbocycles. The molecule has 1 saturated heterocycles. The Balaban J connectivity index is 1.76. The predicted molar refractivity (Wildman–Crippen MR) is 46.1 cm³/mol. The van der Waals surface area contributed by atoms with Crippen LogP contribution in [-0.4, -0.2) is 40.9 Å². The zero-order valence-corrected chi connectivity index (χ0v) is 7.42. The Morgan fingerprint density at radius 1 is 1.54 bits per heavy atom. The molecule has 13 heavy (non-hydrogen) atoms. The zero-order valence-electron chi connectivity index (χ0n) is 7.42. The van der Waals surface area contributed by atoms with Crippen LogP contribution in [0.1, 0.15) is 11.3 Å². The van der Waals surface area contributed by atoms with Gasteiger partial charge in [0.2, 0.25) is 0 Å². The molecule has 1 aromatic rings. The van der Waals surface area contributed by atoms with E-state index in [0.29, 0.717) is 6.04 Å². The van der Waals surface area contributed by atoms with E-state index in [-0.39, 0.29) is 0 Å². The van der Waals surface area contributed by atoms with E-state index in [9.17, 15) is 0 Å². The van der Waals surface area contributed by atoms with Crippen LogP contribution < -0.4 is 0 Å². The minimum absolute atomic E-state index is 0.636. The number of rotatable bonds is 1. The quantitative estimate of drug-likeness (QED) is 0.656. The summed E-state index contributed by atoms with van der Waals surface area (Å²) in [7, 11) is 0. The van der Waals surface area contributed by atoms with Gasteiger partial charge in [0.1, 0.15) is 6.20 Å². The van der Waals surface area contributed by atoms with Gasteiger partial charge in [-0.25, -0.2) is 0 Å². The number of nitrogens with zero attached hydrogens (tertiary/aromatic N) is 2. The van der Waals surface area contributed by atoms with E-state index in [0.717, 1.165) is 32.7 Å². The summed E-state index contributed by atoms with van der Waals surface area (Å²) >= 11 is 0. The van der Waals surface area contributed by atoms with Crippen LogP contribution in [0.5, 0.6) is 0 Å². The standard InChI is InChI=1S/C9H12N3O/c1-2-12(8-5-13-6-8)4-9-7(1)3-10-11-9/h8H,1-2,4-6H2,(H,10,11). The first-order valence-electron chi connectivity index (χ1n) is 4.69. The molecule has 0 bridgehead atoms. The number of H-pyrrole nitrogens is 1. The summed E-state index contributed by atoms with van der Waals surface area (Å²) in [5.41, 5.74) is 2.50. The lowest BCUT2D eigenvalue weighted by atomic mass is 10.1. The number of nitrogens with one attached hydrogen (secondary N) is 1. The van der Waals surface area contributed by atoms with Crippen LogP contribution in [0, 0.1) is 6.20 Å². The van der Waals surface area contributed by atoms with E-state index < -0.39 is 0 Å². The minimum Gasteiger partial charge on any atom is -0.378 e. The third kappa shape index (κ3) is 1.17. The molecule has 4 nitrogen and oxygen atoms in total. The van der Waals surface area contributed by atoms with Crippen molar-refractivity contribution in [2.45, 2.75) is 19.0 Å². The second-order valence-corrected chi connectivity index (χ2v) is 3.70. The highest BCUT2D eigenvalue weighted by molar-refractivity contribution is 5.18. The largest absolute Gasteiger partial charge is 0.378 e. The summed E-state index contributed by atoms with van der Waals surface area (Å²) in [6.07, 6.45) is 4.06. The molecule has 0 unspecified atom stereocenters. The SMILES string of the molecule is [c]1n[nH]c2c1CCN(C1COC1)C2. The van der Waals surface area contributed by atoms with E-state index in [1.54, 1.807) is 0 Å². The Bertz CT molecular complexity index is 306. The third-order valence-corrected chi connectivity index (χ3v) is 2.89. The van der Waals surface area contributed by atoms with Crippen molar-refractivity contribution in [1.29, 1.82) is 0 Å². The summed E-state index contributed by atoms with van der Waals surface area (Å²) in [5, 5.41) is 6.94. The Labute approximate surface area is 76.9 Å². The Kier molecular flexibility index (Phi) is 1.63. The Hall–Kier alpha value is -0.870. The van der Waals surface area contributed by atoms with Crippen LogP contribution in [0.4, 0.5) is 0 Å². The molecule has 0 atom stereocenters. The molecule has 1 fully saturated rings. The topological polar surface area (TPSA) is 41.2 Å². The molecule has 3 rings (SSSR count). The van der Waals surface area contributed by atoms with Crippen molar-refractivity contribution in [2.75, 3.05) is 19.8 Å². The van der Waals surface area contributed by atoms with Crippen LogP contribution in [0.2, 0.25) is 0 Å². The highest BCUT2D eigenvalue weighted by Crippen LogP contribution is 2.20. The van der Waals surface area contributed by atoms with Crippen molar-refractivity contribution < 1.29 is 4.74 Å². The molecule has 4 heteroatoms. The van der Waals surface area contributed by atoms with Gasteiger partial charge in [0.25, 0.3) is 0 Å². The molecule has 2 aliphatic heterocycles. The van der Waals surface area contributed by atoms with Gasteiger partial charge < -0.3 is 4.74 Å². The average Bonchev–Trinajstić information content (AvgIpc) is 2.47. The van der Waals surface area contributed by atoms with Crippen molar-refractivity contribution in [3.8, 4) is 0 Å². The fourth-order valence-electron chi connectivity index (χ4n) is 1.92. The lowest BCUT2D eigenvalue weighted by molar-refractivity contribution is -0.0698. The van der Waals surface area contributed by atoms with Gasteiger partial charge in [-0.3, -0.25) is 10.00 Å².